The maximum Gasteiger partial charge on any atom is 0.225 e. The number of morpholine rings is 1. The number of amides is 1. The van der Waals surface area contributed by atoms with Gasteiger partial charge in [0.1, 0.15) is 11.6 Å². The lowest BCUT2D eigenvalue weighted by atomic mass is 10.0. The van der Waals surface area contributed by atoms with Gasteiger partial charge in [-0.05, 0) is 56.7 Å². The summed E-state index contributed by atoms with van der Waals surface area (Å²) in [6.45, 7) is 24.2. The summed E-state index contributed by atoms with van der Waals surface area (Å²) in [7, 11) is 1.65. The molecule has 0 spiro atoms. The summed E-state index contributed by atoms with van der Waals surface area (Å²) >= 11 is 6.03. The van der Waals surface area contributed by atoms with Crippen LogP contribution in [-0.2, 0) is 9.53 Å². The summed E-state index contributed by atoms with van der Waals surface area (Å²) in [5.41, 5.74) is 2.38. The second kappa shape index (κ2) is 23.5. The van der Waals surface area contributed by atoms with Crippen molar-refractivity contribution in [3.05, 3.63) is 77.1 Å². The molecule has 1 heterocycles. The highest BCUT2D eigenvalue weighted by molar-refractivity contribution is 6.30. The fourth-order valence-corrected chi connectivity index (χ4v) is 3.63. The van der Waals surface area contributed by atoms with Crippen molar-refractivity contribution in [1.82, 2.24) is 15.5 Å². The maximum absolute atomic E-state index is 14.3. The summed E-state index contributed by atoms with van der Waals surface area (Å²) < 4.78 is 19.6. The molecule has 1 amide bonds. The molecule has 2 N–H and O–H groups in total. The van der Waals surface area contributed by atoms with Gasteiger partial charge in [-0.25, -0.2) is 9.38 Å². The molecule has 1 fully saturated rings. The molecule has 1 aliphatic heterocycles. The number of carbonyl (C=O) groups excluding carboxylic acids is 1. The van der Waals surface area contributed by atoms with E-state index in [9.17, 15) is 9.18 Å². The van der Waals surface area contributed by atoms with Crippen molar-refractivity contribution in [1.29, 1.82) is 0 Å². The van der Waals surface area contributed by atoms with Crippen LogP contribution in [0.3, 0.4) is 0 Å². The quantitative estimate of drug-likeness (QED) is 0.191. The molecule has 234 valence electrons. The van der Waals surface area contributed by atoms with Crippen LogP contribution >= 0.6 is 11.6 Å². The van der Waals surface area contributed by atoms with Crippen LogP contribution in [0, 0.1) is 5.82 Å². The lowest BCUT2D eigenvalue weighted by Crippen LogP contribution is -2.37. The Bertz CT molecular complexity index is 1100. The summed E-state index contributed by atoms with van der Waals surface area (Å²) in [4.78, 5) is 23.2. The first-order valence-corrected chi connectivity index (χ1v) is 15.0. The average molecular weight is 604 g/mol. The van der Waals surface area contributed by atoms with Crippen molar-refractivity contribution >= 4 is 35.0 Å². The minimum absolute atomic E-state index is 0.125. The summed E-state index contributed by atoms with van der Waals surface area (Å²) in [6.07, 6.45) is 8.51. The number of hydrogen-bond acceptors (Lipinski definition) is 6. The number of hydrogen-bond donors (Lipinski definition) is 2. The van der Waals surface area contributed by atoms with Gasteiger partial charge in [-0.15, -0.1) is 0 Å². The molecular formula is C33H51ClFN5O2. The number of benzene rings is 1. The van der Waals surface area contributed by atoms with Gasteiger partial charge >= 0.3 is 0 Å². The van der Waals surface area contributed by atoms with Crippen molar-refractivity contribution in [3.8, 4) is 0 Å². The van der Waals surface area contributed by atoms with Crippen LogP contribution in [0.4, 0.5) is 4.39 Å². The van der Waals surface area contributed by atoms with E-state index in [1.165, 1.54) is 31.0 Å². The third-order valence-corrected chi connectivity index (χ3v) is 5.68. The second-order valence-electron chi connectivity index (χ2n) is 9.60. The van der Waals surface area contributed by atoms with E-state index in [1.54, 1.807) is 39.3 Å². The third kappa shape index (κ3) is 17.0. The monoisotopic (exact) mass is 603 g/mol. The highest BCUT2D eigenvalue weighted by atomic mass is 35.5. The SMILES string of the molecule is C=C(/C=C(\N=C/C)NC(=O)CCCN1CCOCC1)N/C(=C/C(=C)c1cc(Cl)ccc1F)C(C)=NC.CCC.CCC. The number of nitrogens with one attached hydrogen (secondary N) is 2. The first kappa shape index (κ1) is 38.9. The van der Waals surface area contributed by atoms with Gasteiger partial charge in [0.05, 0.1) is 24.6 Å². The number of halogens is 2. The fourth-order valence-electron chi connectivity index (χ4n) is 3.46. The van der Waals surface area contributed by atoms with Crippen molar-refractivity contribution in [3.63, 3.8) is 0 Å². The molecule has 1 aromatic carbocycles. The smallest absolute Gasteiger partial charge is 0.225 e. The summed E-state index contributed by atoms with van der Waals surface area (Å²) in [5.74, 6) is -0.197. The number of nitrogens with zero attached hydrogens (tertiary/aromatic N) is 3. The number of rotatable bonds is 12. The first-order valence-electron chi connectivity index (χ1n) is 14.6. The van der Waals surface area contributed by atoms with E-state index in [1.807, 2.05) is 0 Å². The van der Waals surface area contributed by atoms with Gasteiger partial charge in [0, 0.05) is 55.1 Å². The lowest BCUT2D eigenvalue weighted by molar-refractivity contribution is -0.120. The Hall–Kier alpha value is -3.07. The van der Waals surface area contributed by atoms with Crippen LogP contribution in [0.15, 0.2) is 70.7 Å². The van der Waals surface area contributed by atoms with Crippen molar-refractivity contribution in [2.75, 3.05) is 39.9 Å². The highest BCUT2D eigenvalue weighted by Gasteiger charge is 2.12. The van der Waals surface area contributed by atoms with Gasteiger partial charge < -0.3 is 15.4 Å². The Kier molecular flexibility index (Phi) is 21.8. The van der Waals surface area contributed by atoms with Gasteiger partial charge in [0.15, 0.2) is 0 Å². The van der Waals surface area contributed by atoms with Gasteiger partial charge in [0.25, 0.3) is 0 Å². The van der Waals surface area contributed by atoms with Gasteiger partial charge in [-0.3, -0.25) is 14.7 Å². The zero-order valence-electron chi connectivity index (χ0n) is 26.7. The second-order valence-corrected chi connectivity index (χ2v) is 10.0. The molecule has 0 bridgehead atoms. The molecule has 7 nitrogen and oxygen atoms in total. The van der Waals surface area contributed by atoms with E-state index in [0.717, 1.165) is 39.3 Å². The molecule has 2 rings (SSSR count). The molecule has 1 aromatic rings. The molecule has 9 heteroatoms. The molecule has 0 aromatic heterocycles. The molecule has 0 atom stereocenters. The van der Waals surface area contributed by atoms with Crippen LogP contribution in [-0.4, -0.2) is 62.6 Å². The van der Waals surface area contributed by atoms with Crippen LogP contribution in [0.5, 0.6) is 0 Å². The number of allylic oxidation sites excluding steroid dienone is 4. The topological polar surface area (TPSA) is 78.3 Å². The Labute approximate surface area is 258 Å². The van der Waals surface area contributed by atoms with E-state index in [2.05, 4.69) is 66.4 Å². The average Bonchev–Trinajstić information content (AvgIpc) is 2.95. The van der Waals surface area contributed by atoms with E-state index in [4.69, 9.17) is 16.3 Å². The number of ether oxygens (including phenoxy) is 1. The van der Waals surface area contributed by atoms with E-state index < -0.39 is 5.82 Å². The predicted octanol–water partition coefficient (Wildman–Crippen LogP) is 7.56. The fraction of sp³-hybridized carbons (Fsp3) is 0.485. The summed E-state index contributed by atoms with van der Waals surface area (Å²) in [5, 5.41) is 6.39. The largest absolute Gasteiger partial charge is 0.379 e. The zero-order chi connectivity index (χ0) is 31.9. The molecule has 1 saturated heterocycles. The van der Waals surface area contributed by atoms with Gasteiger partial charge in [-0.1, -0.05) is 65.3 Å². The minimum Gasteiger partial charge on any atom is -0.379 e. The summed E-state index contributed by atoms with van der Waals surface area (Å²) in [6, 6.07) is 4.29. The van der Waals surface area contributed by atoms with E-state index >= 15 is 0 Å². The Morgan fingerprint density at radius 3 is 2.31 bits per heavy atom. The molecule has 0 saturated carbocycles. The van der Waals surface area contributed by atoms with E-state index in [-0.39, 0.29) is 11.5 Å². The normalized spacial score (nSPS) is 14.4. The Balaban J connectivity index is 0.00000257. The molecular weight excluding hydrogens is 553 g/mol. The van der Waals surface area contributed by atoms with Crippen LogP contribution in [0.2, 0.25) is 5.02 Å². The van der Waals surface area contributed by atoms with E-state index in [0.29, 0.717) is 39.9 Å². The van der Waals surface area contributed by atoms with Crippen molar-refractivity contribution in [2.45, 2.75) is 67.2 Å². The Morgan fingerprint density at radius 1 is 1.12 bits per heavy atom. The minimum atomic E-state index is -0.430. The standard InChI is InChI=1S/C27H35ClFN5O2.2C3H8/c1-6-31-26(33-27(35)8-7-11-34-12-14-36-15-13-34)17-20(3)32-25(21(4)30-5)16-19(2)23-18-22(28)9-10-24(23)29;2*1-3-2/h6,9-10,16-18,32H,2-3,7-8,11-15H2,1,4-5H3,(H,33,35);2*3H2,1-2H3/b25-16+,26-17+,30-21?,31-6-;;. The van der Waals surface area contributed by atoms with Crippen molar-refractivity contribution < 1.29 is 13.9 Å². The number of carbonyl (C=O) groups is 1. The lowest BCUT2D eigenvalue weighted by Gasteiger charge is -2.26. The third-order valence-electron chi connectivity index (χ3n) is 5.44. The molecule has 42 heavy (non-hydrogen) atoms. The van der Waals surface area contributed by atoms with Crippen LogP contribution in [0.25, 0.3) is 5.57 Å². The predicted molar refractivity (Wildman–Crippen MR) is 179 cm³/mol. The molecule has 0 aliphatic carbocycles. The van der Waals surface area contributed by atoms with Crippen molar-refractivity contribution in [2.24, 2.45) is 9.98 Å². The van der Waals surface area contributed by atoms with Gasteiger partial charge in [0.2, 0.25) is 5.91 Å². The van der Waals surface area contributed by atoms with Gasteiger partial charge in [-0.2, -0.15) is 0 Å². The van der Waals surface area contributed by atoms with Crippen LogP contribution in [0.1, 0.15) is 72.8 Å². The zero-order valence-corrected chi connectivity index (χ0v) is 27.4. The maximum atomic E-state index is 14.3. The number of aliphatic imine (C=N–C) groups is 2. The highest BCUT2D eigenvalue weighted by Crippen LogP contribution is 2.23. The molecule has 1 aliphatic rings. The molecule has 0 radical (unpaired) electrons. The first-order chi connectivity index (χ1) is 20.1. The van der Waals surface area contributed by atoms with Crippen LogP contribution < -0.4 is 10.6 Å². The Morgan fingerprint density at radius 2 is 1.74 bits per heavy atom. The molecule has 0 unspecified atom stereocenters.